The van der Waals surface area contributed by atoms with E-state index in [0.29, 0.717) is 16.2 Å². The molecule has 0 bridgehead atoms. The fourth-order valence-electron chi connectivity index (χ4n) is 2.73. The number of halogens is 1. The fourth-order valence-corrected chi connectivity index (χ4v) is 3.96. The van der Waals surface area contributed by atoms with E-state index in [2.05, 4.69) is 20.0 Å². The van der Waals surface area contributed by atoms with Crippen LogP contribution in [0.5, 0.6) is 0 Å². The van der Waals surface area contributed by atoms with Crippen LogP contribution in [-0.4, -0.2) is 24.3 Å². The number of carbonyl (C=O) groups is 1. The van der Waals surface area contributed by atoms with Crippen molar-refractivity contribution in [1.29, 1.82) is 0 Å². The van der Waals surface area contributed by atoms with Crippen LogP contribution < -0.4 is 10.0 Å². The van der Waals surface area contributed by atoms with Crippen LogP contribution in [0.1, 0.15) is 10.4 Å². The van der Waals surface area contributed by atoms with Crippen molar-refractivity contribution in [1.82, 2.24) is 9.97 Å². The van der Waals surface area contributed by atoms with Gasteiger partial charge in [-0.05, 0) is 54.6 Å². The smallest absolute Gasteiger partial charge is 0.261 e. The first-order valence-electron chi connectivity index (χ1n) is 8.55. The van der Waals surface area contributed by atoms with E-state index < -0.39 is 15.9 Å². The molecule has 4 rings (SSSR count). The number of nitrogens with zero attached hydrogens (tertiary/aromatic N) is 1. The minimum atomic E-state index is -3.87. The van der Waals surface area contributed by atoms with Crippen LogP contribution in [0.4, 0.5) is 11.6 Å². The Bertz CT molecular complexity index is 1270. The Labute approximate surface area is 171 Å². The van der Waals surface area contributed by atoms with Crippen LogP contribution in [0.2, 0.25) is 5.02 Å². The number of sulfonamides is 1. The molecule has 3 aromatic carbocycles. The second-order valence-electron chi connectivity index (χ2n) is 6.20. The summed E-state index contributed by atoms with van der Waals surface area (Å²) in [5.41, 5.74) is 2.05. The van der Waals surface area contributed by atoms with E-state index in [1.807, 2.05) is 24.3 Å². The summed E-state index contributed by atoms with van der Waals surface area (Å²) in [6.45, 7) is 0. The Morgan fingerprint density at radius 1 is 0.966 bits per heavy atom. The number of anilines is 2. The minimum Gasteiger partial charge on any atom is -0.324 e. The minimum absolute atomic E-state index is 0.0373. The van der Waals surface area contributed by atoms with E-state index in [9.17, 15) is 13.2 Å². The van der Waals surface area contributed by atoms with Crippen LogP contribution in [0, 0.1) is 0 Å². The van der Waals surface area contributed by atoms with Crippen LogP contribution in [0.3, 0.4) is 0 Å². The molecule has 9 heteroatoms. The number of fused-ring (bicyclic) bond motifs is 1. The molecule has 0 aliphatic rings. The summed E-state index contributed by atoms with van der Waals surface area (Å²) in [4.78, 5) is 19.8. The third kappa shape index (κ3) is 4.23. The third-order valence-electron chi connectivity index (χ3n) is 4.12. The van der Waals surface area contributed by atoms with E-state index >= 15 is 0 Å². The molecule has 0 spiro atoms. The highest BCUT2D eigenvalue weighted by molar-refractivity contribution is 7.92. The van der Waals surface area contributed by atoms with Gasteiger partial charge in [-0.1, -0.05) is 29.8 Å². The van der Waals surface area contributed by atoms with Gasteiger partial charge < -0.3 is 4.98 Å². The van der Waals surface area contributed by atoms with Gasteiger partial charge in [0.15, 0.2) is 0 Å². The summed E-state index contributed by atoms with van der Waals surface area (Å²) in [7, 11) is -3.87. The molecular weight excluding hydrogens is 412 g/mol. The van der Waals surface area contributed by atoms with E-state index in [1.165, 1.54) is 24.3 Å². The number of imidazole rings is 1. The van der Waals surface area contributed by atoms with Crippen LogP contribution in [0.15, 0.2) is 77.7 Å². The number of benzene rings is 3. The molecule has 29 heavy (non-hydrogen) atoms. The molecule has 1 amide bonds. The molecule has 0 saturated heterocycles. The number of carbonyl (C=O) groups excluding carboxylic acids is 1. The summed E-state index contributed by atoms with van der Waals surface area (Å²) in [5.74, 6) is -0.198. The molecule has 3 N–H and O–H groups in total. The van der Waals surface area contributed by atoms with Gasteiger partial charge >= 0.3 is 0 Å². The zero-order valence-electron chi connectivity index (χ0n) is 14.9. The molecule has 7 nitrogen and oxygen atoms in total. The number of rotatable bonds is 5. The fraction of sp³-hybridized carbons (Fsp3) is 0. The van der Waals surface area contributed by atoms with Gasteiger partial charge in [-0.2, -0.15) is 0 Å². The number of aromatic nitrogens is 2. The highest BCUT2D eigenvalue weighted by Crippen LogP contribution is 2.20. The van der Waals surface area contributed by atoms with E-state index in [0.717, 1.165) is 5.52 Å². The van der Waals surface area contributed by atoms with Gasteiger partial charge in [0, 0.05) is 16.3 Å². The third-order valence-corrected chi connectivity index (χ3v) is 5.76. The van der Waals surface area contributed by atoms with Crippen molar-refractivity contribution in [3.63, 3.8) is 0 Å². The Morgan fingerprint density at radius 2 is 1.72 bits per heavy atom. The number of nitrogens with one attached hydrogen (secondary N) is 3. The van der Waals surface area contributed by atoms with Crippen LogP contribution in [-0.2, 0) is 10.0 Å². The largest absolute Gasteiger partial charge is 0.324 e. The molecule has 0 aliphatic heterocycles. The first-order chi connectivity index (χ1) is 13.9. The molecule has 0 unspecified atom stereocenters. The number of amides is 1. The molecule has 0 radical (unpaired) electrons. The normalized spacial score (nSPS) is 11.3. The van der Waals surface area contributed by atoms with Crippen molar-refractivity contribution in [2.45, 2.75) is 4.90 Å². The summed E-state index contributed by atoms with van der Waals surface area (Å²) in [5, 5.41) is 3.14. The zero-order chi connectivity index (χ0) is 20.4. The van der Waals surface area contributed by atoms with Crippen molar-refractivity contribution in [2.75, 3.05) is 10.0 Å². The second kappa shape index (κ2) is 7.57. The van der Waals surface area contributed by atoms with E-state index in [1.54, 1.807) is 24.3 Å². The number of hydrogen-bond donors (Lipinski definition) is 3. The topological polar surface area (TPSA) is 104 Å². The Kier molecular flexibility index (Phi) is 4.96. The van der Waals surface area contributed by atoms with Crippen LogP contribution in [0.25, 0.3) is 11.0 Å². The van der Waals surface area contributed by atoms with Gasteiger partial charge in [0.1, 0.15) is 0 Å². The molecule has 0 atom stereocenters. The molecule has 0 aliphatic carbocycles. The number of H-pyrrole nitrogens is 1. The molecular formula is C20H15ClN4O3S. The molecule has 0 saturated carbocycles. The molecule has 4 aromatic rings. The lowest BCUT2D eigenvalue weighted by atomic mass is 10.2. The quantitative estimate of drug-likeness (QED) is 0.443. The van der Waals surface area contributed by atoms with Crippen molar-refractivity contribution >= 4 is 50.2 Å². The Balaban J connectivity index is 1.55. The number of para-hydroxylation sites is 2. The van der Waals surface area contributed by atoms with Gasteiger partial charge in [0.25, 0.3) is 15.9 Å². The lowest BCUT2D eigenvalue weighted by Gasteiger charge is -2.09. The predicted molar refractivity (Wildman–Crippen MR) is 113 cm³/mol. The van der Waals surface area contributed by atoms with E-state index in [4.69, 9.17) is 11.6 Å². The van der Waals surface area contributed by atoms with Crippen LogP contribution >= 0.6 is 11.6 Å². The van der Waals surface area contributed by atoms with Gasteiger partial charge in [-0.15, -0.1) is 0 Å². The van der Waals surface area contributed by atoms with Crippen molar-refractivity contribution in [3.05, 3.63) is 83.4 Å². The number of aromatic amines is 1. The number of hydrogen-bond acceptors (Lipinski definition) is 4. The van der Waals surface area contributed by atoms with E-state index in [-0.39, 0.29) is 16.4 Å². The average Bonchev–Trinajstić information content (AvgIpc) is 3.12. The summed E-state index contributed by atoms with van der Waals surface area (Å²) < 4.78 is 27.7. The zero-order valence-corrected chi connectivity index (χ0v) is 16.5. The summed E-state index contributed by atoms with van der Waals surface area (Å²) in [6, 6.07) is 19.4. The highest BCUT2D eigenvalue weighted by Gasteiger charge is 2.17. The standard InChI is InChI=1S/C20H15ClN4O3S/c21-14-8-10-15(11-9-14)25-29(27,28)16-5-3-4-13(12-16)19(26)24-20-22-17-6-1-2-7-18(17)23-20/h1-12,25H,(H2,22,23,24,26). The molecule has 1 aromatic heterocycles. The first kappa shape index (κ1) is 19.0. The Morgan fingerprint density at radius 3 is 2.48 bits per heavy atom. The van der Waals surface area contributed by atoms with Gasteiger partial charge in [0.2, 0.25) is 5.95 Å². The first-order valence-corrected chi connectivity index (χ1v) is 10.4. The van der Waals surface area contributed by atoms with Crippen molar-refractivity contribution in [2.24, 2.45) is 0 Å². The Hall–Kier alpha value is -3.36. The van der Waals surface area contributed by atoms with Gasteiger partial charge in [-0.3, -0.25) is 14.8 Å². The maximum absolute atomic E-state index is 12.6. The summed E-state index contributed by atoms with van der Waals surface area (Å²) >= 11 is 5.82. The lowest BCUT2D eigenvalue weighted by molar-refractivity contribution is 0.102. The van der Waals surface area contributed by atoms with Crippen molar-refractivity contribution < 1.29 is 13.2 Å². The average molecular weight is 427 g/mol. The van der Waals surface area contributed by atoms with Gasteiger partial charge in [-0.25, -0.2) is 13.4 Å². The lowest BCUT2D eigenvalue weighted by Crippen LogP contribution is -2.16. The SMILES string of the molecule is O=C(Nc1nc2ccccc2[nH]1)c1cccc(S(=O)(=O)Nc2ccc(Cl)cc2)c1. The van der Waals surface area contributed by atoms with Gasteiger partial charge in [0.05, 0.1) is 15.9 Å². The molecule has 0 fully saturated rings. The summed E-state index contributed by atoms with van der Waals surface area (Å²) in [6.07, 6.45) is 0. The second-order valence-corrected chi connectivity index (χ2v) is 8.32. The highest BCUT2D eigenvalue weighted by atomic mass is 35.5. The van der Waals surface area contributed by atoms with Crippen molar-refractivity contribution in [3.8, 4) is 0 Å². The maximum Gasteiger partial charge on any atom is 0.261 e. The molecule has 1 heterocycles. The monoisotopic (exact) mass is 426 g/mol. The maximum atomic E-state index is 12.6. The predicted octanol–water partition coefficient (Wildman–Crippen LogP) is 4.27. The molecule has 146 valence electrons.